The summed E-state index contributed by atoms with van der Waals surface area (Å²) in [5.74, 6) is -5.66. The zero-order valence-electron chi connectivity index (χ0n) is 15.6. The van der Waals surface area contributed by atoms with E-state index in [-0.39, 0.29) is 64.6 Å². The molecule has 2 atom stereocenters. The van der Waals surface area contributed by atoms with Gasteiger partial charge in [-0.2, -0.15) is 0 Å². The first-order valence-corrected chi connectivity index (χ1v) is 10.3. The number of aryl methyl sites for hydroxylation is 1. The average molecular weight is 558 g/mol. The number of quaternary nitrogens is 1. The molecule has 2 aliphatic rings. The van der Waals surface area contributed by atoms with Gasteiger partial charge in [0, 0.05) is 31.1 Å². The SMILES string of the molecule is Cn1cc2c(c1C(=O)Nc1cc(F)c(F)c(F)c1)OC[C@@H]1C[NH2+]C[C@@H]1NS2(=O)=O.[I-]. The molecule has 1 aromatic heterocycles. The number of carbonyl (C=O) groups is 1. The number of hydrogen-bond donors (Lipinski definition) is 3. The Kier molecular flexibility index (Phi) is 6.36. The third-order valence-corrected chi connectivity index (χ3v) is 6.54. The molecule has 164 valence electrons. The zero-order valence-corrected chi connectivity index (χ0v) is 18.6. The molecule has 8 nitrogen and oxygen atoms in total. The van der Waals surface area contributed by atoms with Crippen molar-refractivity contribution in [3.63, 3.8) is 0 Å². The fourth-order valence-corrected chi connectivity index (χ4v) is 5.13. The molecule has 4 N–H and O–H groups in total. The van der Waals surface area contributed by atoms with Gasteiger partial charge in [0.1, 0.15) is 4.90 Å². The van der Waals surface area contributed by atoms with Crippen molar-refractivity contribution in [1.82, 2.24) is 9.29 Å². The molecule has 1 amide bonds. The Labute approximate surface area is 187 Å². The molecule has 30 heavy (non-hydrogen) atoms. The molecule has 0 aliphatic carbocycles. The van der Waals surface area contributed by atoms with E-state index >= 15 is 0 Å². The fraction of sp³-hybridized carbons (Fsp3) is 0.353. The van der Waals surface area contributed by atoms with Gasteiger partial charge < -0.3 is 43.9 Å². The molecule has 0 radical (unpaired) electrons. The van der Waals surface area contributed by atoms with Gasteiger partial charge in [0.05, 0.1) is 31.7 Å². The molecule has 13 heteroatoms. The highest BCUT2D eigenvalue weighted by atomic mass is 127. The van der Waals surface area contributed by atoms with Crippen LogP contribution >= 0.6 is 0 Å². The number of ether oxygens (including phenoxy) is 1. The lowest BCUT2D eigenvalue weighted by Crippen LogP contribution is -3.00. The van der Waals surface area contributed by atoms with Crippen molar-refractivity contribution in [3.8, 4) is 5.75 Å². The maximum absolute atomic E-state index is 13.4. The molecule has 0 saturated carbocycles. The lowest BCUT2D eigenvalue weighted by Gasteiger charge is -2.22. The number of hydrogen-bond acceptors (Lipinski definition) is 4. The Morgan fingerprint density at radius 3 is 2.60 bits per heavy atom. The minimum absolute atomic E-state index is 0. The average Bonchev–Trinajstić information content (AvgIpc) is 3.20. The molecule has 0 unspecified atom stereocenters. The smallest absolute Gasteiger partial charge is 0.276 e. The van der Waals surface area contributed by atoms with Gasteiger partial charge in [0.15, 0.2) is 28.9 Å². The van der Waals surface area contributed by atoms with Gasteiger partial charge in [0.2, 0.25) is 10.0 Å². The Bertz CT molecular complexity index is 1090. The molecule has 3 heterocycles. The standard InChI is InChI=1S/C17H17F3N4O4S.HI/c1-24-6-13-16(28-7-8-4-21-5-12(8)23-29(13,26)27)15(24)17(25)22-9-2-10(18)14(20)11(19)3-9;/h2-3,6,8,12,21,23H,4-5,7H2,1H3,(H,22,25);1H/t8-,12-;/m0./s1. The first-order valence-electron chi connectivity index (χ1n) is 8.79. The molecule has 1 aromatic carbocycles. The Morgan fingerprint density at radius 1 is 1.27 bits per heavy atom. The number of anilines is 1. The van der Waals surface area contributed by atoms with Crippen molar-refractivity contribution in [2.75, 3.05) is 25.0 Å². The van der Waals surface area contributed by atoms with E-state index in [0.29, 0.717) is 25.2 Å². The van der Waals surface area contributed by atoms with Crippen LogP contribution in [0.5, 0.6) is 5.75 Å². The summed E-state index contributed by atoms with van der Waals surface area (Å²) in [7, 11) is -2.50. The summed E-state index contributed by atoms with van der Waals surface area (Å²) in [6, 6.07) is 0.970. The van der Waals surface area contributed by atoms with Crippen molar-refractivity contribution in [2.24, 2.45) is 13.0 Å². The second-order valence-corrected chi connectivity index (χ2v) is 8.73. The quantitative estimate of drug-likeness (QED) is 0.269. The zero-order chi connectivity index (χ0) is 20.9. The number of rotatable bonds is 2. The van der Waals surface area contributed by atoms with Gasteiger partial charge in [-0.05, 0) is 0 Å². The summed E-state index contributed by atoms with van der Waals surface area (Å²) in [5, 5.41) is 4.22. The van der Waals surface area contributed by atoms with Crippen LogP contribution in [0.1, 0.15) is 10.5 Å². The molecule has 1 saturated heterocycles. The van der Waals surface area contributed by atoms with Crippen molar-refractivity contribution < 1.29 is 60.4 Å². The van der Waals surface area contributed by atoms with E-state index in [1.807, 2.05) is 5.32 Å². The van der Waals surface area contributed by atoms with Gasteiger partial charge in [-0.3, -0.25) is 4.79 Å². The Balaban J connectivity index is 0.00000256. The van der Waals surface area contributed by atoms with Crippen LogP contribution in [-0.4, -0.2) is 44.6 Å². The molecular formula is C17H18F3IN4O4S. The minimum Gasteiger partial charge on any atom is -1.00 e. The fourth-order valence-electron chi connectivity index (χ4n) is 3.62. The van der Waals surface area contributed by atoms with Crippen LogP contribution in [-0.2, 0) is 17.1 Å². The van der Waals surface area contributed by atoms with Gasteiger partial charge in [-0.25, -0.2) is 26.3 Å². The third-order valence-electron chi connectivity index (χ3n) is 5.06. The van der Waals surface area contributed by atoms with E-state index in [2.05, 4.69) is 10.0 Å². The van der Waals surface area contributed by atoms with Crippen molar-refractivity contribution in [2.45, 2.75) is 10.9 Å². The van der Waals surface area contributed by atoms with Crippen LogP contribution in [0.25, 0.3) is 0 Å². The summed E-state index contributed by atoms with van der Waals surface area (Å²) in [5.41, 5.74) is -0.463. The highest BCUT2D eigenvalue weighted by molar-refractivity contribution is 7.89. The maximum Gasteiger partial charge on any atom is 0.276 e. The van der Waals surface area contributed by atoms with Crippen LogP contribution in [0.3, 0.4) is 0 Å². The Hall–Kier alpha value is -1.84. The van der Waals surface area contributed by atoms with Crippen molar-refractivity contribution in [1.29, 1.82) is 0 Å². The third kappa shape index (κ3) is 4.02. The second-order valence-electron chi connectivity index (χ2n) is 7.05. The normalized spacial score (nSPS) is 22.0. The van der Waals surface area contributed by atoms with Gasteiger partial charge in [0.25, 0.3) is 5.91 Å². The van der Waals surface area contributed by atoms with Crippen molar-refractivity contribution >= 4 is 21.6 Å². The van der Waals surface area contributed by atoms with E-state index in [9.17, 15) is 26.4 Å². The van der Waals surface area contributed by atoms with Gasteiger partial charge in [-0.15, -0.1) is 0 Å². The number of sulfonamides is 1. The molecule has 2 aliphatic heterocycles. The van der Waals surface area contributed by atoms with Crippen LogP contribution in [0.15, 0.2) is 23.2 Å². The summed E-state index contributed by atoms with van der Waals surface area (Å²) >= 11 is 0. The molecule has 4 rings (SSSR count). The van der Waals surface area contributed by atoms with Crippen LogP contribution < -0.4 is 44.1 Å². The number of carbonyl (C=O) groups excluding carboxylic acids is 1. The van der Waals surface area contributed by atoms with E-state index in [0.717, 1.165) is 0 Å². The highest BCUT2D eigenvalue weighted by Gasteiger charge is 2.40. The minimum atomic E-state index is -3.95. The summed E-state index contributed by atoms with van der Waals surface area (Å²) in [6.45, 7) is 1.45. The number of nitrogens with two attached hydrogens (primary N) is 1. The lowest BCUT2D eigenvalue weighted by molar-refractivity contribution is -0.638. The van der Waals surface area contributed by atoms with Crippen molar-refractivity contribution in [3.05, 3.63) is 41.5 Å². The number of aromatic nitrogens is 1. The highest BCUT2D eigenvalue weighted by Crippen LogP contribution is 2.33. The topological polar surface area (TPSA) is 106 Å². The summed E-state index contributed by atoms with van der Waals surface area (Å²) in [6.07, 6.45) is 1.23. The number of fused-ring (bicyclic) bond motifs is 2. The molecule has 0 spiro atoms. The van der Waals surface area contributed by atoms with Gasteiger partial charge >= 0.3 is 0 Å². The molecule has 1 fully saturated rings. The van der Waals surface area contributed by atoms with Crippen LogP contribution in [0.2, 0.25) is 0 Å². The first-order chi connectivity index (χ1) is 13.7. The lowest BCUT2D eigenvalue weighted by atomic mass is 10.1. The van der Waals surface area contributed by atoms with E-state index < -0.39 is 33.4 Å². The number of nitrogens with zero attached hydrogens (tertiary/aromatic N) is 1. The van der Waals surface area contributed by atoms with Crippen LogP contribution in [0.4, 0.5) is 18.9 Å². The predicted octanol–water partition coefficient (Wildman–Crippen LogP) is -3.07. The maximum atomic E-state index is 13.4. The number of benzene rings is 1. The van der Waals surface area contributed by atoms with Gasteiger partial charge in [-0.1, -0.05) is 0 Å². The largest absolute Gasteiger partial charge is 1.00 e. The van der Waals surface area contributed by atoms with Crippen LogP contribution in [0, 0.1) is 23.4 Å². The molecule has 2 aromatic rings. The number of halogens is 4. The summed E-state index contributed by atoms with van der Waals surface area (Å²) < 4.78 is 75.1. The predicted molar refractivity (Wildman–Crippen MR) is 94.4 cm³/mol. The molecule has 0 bridgehead atoms. The summed E-state index contributed by atoms with van der Waals surface area (Å²) in [4.78, 5) is 12.5. The number of nitrogens with one attached hydrogen (secondary N) is 2. The monoisotopic (exact) mass is 558 g/mol. The van der Waals surface area contributed by atoms with E-state index in [1.54, 1.807) is 0 Å². The van der Waals surface area contributed by atoms with E-state index in [1.165, 1.54) is 17.8 Å². The molecular weight excluding hydrogens is 540 g/mol. The van der Waals surface area contributed by atoms with E-state index in [4.69, 9.17) is 4.74 Å². The second kappa shape index (κ2) is 8.36. The first kappa shape index (κ1) is 22.8. The number of amides is 1. The Morgan fingerprint density at radius 2 is 1.93 bits per heavy atom.